The van der Waals surface area contributed by atoms with Gasteiger partial charge in [0, 0.05) is 50.9 Å². The lowest BCUT2D eigenvalue weighted by Crippen LogP contribution is -2.34. The summed E-state index contributed by atoms with van der Waals surface area (Å²) in [6.07, 6.45) is 10.5. The summed E-state index contributed by atoms with van der Waals surface area (Å²) in [5.74, 6) is 2.24. The molecule has 0 spiro atoms. The number of nitrogens with zero attached hydrogens (tertiary/aromatic N) is 3. The summed E-state index contributed by atoms with van der Waals surface area (Å²) < 4.78 is 10.6. The Morgan fingerprint density at radius 1 is 1.26 bits per heavy atom. The number of anilines is 1. The predicted octanol–water partition coefficient (Wildman–Crippen LogP) is 5.91. The fraction of sp³-hybridized carbons (Fsp3) is 0.593. The normalized spacial score (nSPS) is 21.8. The molecule has 1 aliphatic heterocycles. The topological polar surface area (TPSA) is 80.1 Å². The van der Waals surface area contributed by atoms with Gasteiger partial charge < -0.3 is 14.8 Å². The number of aromatic nitrogens is 2. The number of hydrogen-bond acceptors (Lipinski definition) is 6. The standard InChI is InChI=1S/C27H35ClN4O2/c1-33-11-3-4-20-7-8-21(14-20)15-22-16-23(24(28)17-30-22)25-5-2-6-26(32-25)31-19-27(18-29)9-12-34-13-10-27/h2,5-6,16-17,20-21H,3-4,7-15,19H2,1H3,(H,31,32)/t20-,21-/m1/s1. The Morgan fingerprint density at radius 2 is 2.09 bits per heavy atom. The number of methoxy groups -OCH3 is 1. The van der Waals surface area contributed by atoms with Crippen LogP contribution in [0.15, 0.2) is 30.5 Å². The maximum absolute atomic E-state index is 9.71. The van der Waals surface area contributed by atoms with Crippen molar-refractivity contribution in [2.45, 2.75) is 51.4 Å². The van der Waals surface area contributed by atoms with E-state index in [2.05, 4.69) is 22.4 Å². The fourth-order valence-electron chi connectivity index (χ4n) is 5.26. The number of rotatable bonds is 10. The van der Waals surface area contributed by atoms with Crippen LogP contribution in [0.1, 0.15) is 50.6 Å². The van der Waals surface area contributed by atoms with E-state index in [1.807, 2.05) is 18.2 Å². The first-order valence-electron chi connectivity index (χ1n) is 12.4. The second-order valence-electron chi connectivity index (χ2n) is 9.81. The molecule has 2 aromatic heterocycles. The molecule has 0 unspecified atom stereocenters. The van der Waals surface area contributed by atoms with Crippen LogP contribution < -0.4 is 5.32 Å². The highest BCUT2D eigenvalue weighted by atomic mass is 35.5. The van der Waals surface area contributed by atoms with Crippen molar-refractivity contribution in [3.05, 3.63) is 41.2 Å². The number of halogens is 1. The van der Waals surface area contributed by atoms with Gasteiger partial charge in [-0.1, -0.05) is 24.1 Å². The Morgan fingerprint density at radius 3 is 2.88 bits per heavy atom. The van der Waals surface area contributed by atoms with Gasteiger partial charge in [-0.05, 0) is 75.0 Å². The monoisotopic (exact) mass is 482 g/mol. The van der Waals surface area contributed by atoms with E-state index in [0.29, 0.717) is 30.7 Å². The van der Waals surface area contributed by atoms with Gasteiger partial charge in [0.2, 0.25) is 0 Å². The molecule has 1 saturated heterocycles. The number of ether oxygens (including phenoxy) is 2. The summed E-state index contributed by atoms with van der Waals surface area (Å²) in [5, 5.41) is 13.7. The summed E-state index contributed by atoms with van der Waals surface area (Å²) in [4.78, 5) is 9.43. The maximum Gasteiger partial charge on any atom is 0.126 e. The molecular weight excluding hydrogens is 448 g/mol. The summed E-state index contributed by atoms with van der Waals surface area (Å²) in [7, 11) is 1.77. The molecule has 1 saturated carbocycles. The highest BCUT2D eigenvalue weighted by Crippen LogP contribution is 2.37. The third-order valence-electron chi connectivity index (χ3n) is 7.34. The summed E-state index contributed by atoms with van der Waals surface area (Å²) >= 11 is 6.55. The van der Waals surface area contributed by atoms with Crippen molar-refractivity contribution in [2.75, 3.05) is 38.8 Å². The Hall–Kier alpha value is -2.20. The molecule has 2 aliphatic rings. The molecule has 0 radical (unpaired) electrons. The van der Waals surface area contributed by atoms with Crippen molar-refractivity contribution < 1.29 is 9.47 Å². The average Bonchev–Trinajstić information content (AvgIpc) is 3.32. The minimum Gasteiger partial charge on any atom is -0.385 e. The molecule has 1 aliphatic carbocycles. The van der Waals surface area contributed by atoms with E-state index in [4.69, 9.17) is 26.1 Å². The number of pyridine rings is 2. The lowest BCUT2D eigenvalue weighted by molar-refractivity contribution is 0.0455. The fourth-order valence-corrected chi connectivity index (χ4v) is 5.46. The van der Waals surface area contributed by atoms with Crippen LogP contribution in [0.2, 0.25) is 5.02 Å². The van der Waals surface area contributed by atoms with Gasteiger partial charge in [0.25, 0.3) is 0 Å². The van der Waals surface area contributed by atoms with Crippen molar-refractivity contribution in [3.63, 3.8) is 0 Å². The van der Waals surface area contributed by atoms with Crippen LogP contribution in [0.5, 0.6) is 0 Å². The molecule has 6 nitrogen and oxygen atoms in total. The van der Waals surface area contributed by atoms with Crippen molar-refractivity contribution in [3.8, 4) is 17.3 Å². The van der Waals surface area contributed by atoms with Crippen molar-refractivity contribution >= 4 is 17.4 Å². The van der Waals surface area contributed by atoms with Gasteiger partial charge >= 0.3 is 0 Å². The molecule has 34 heavy (non-hydrogen) atoms. The second kappa shape index (κ2) is 12.0. The Labute approximate surface area is 208 Å². The first kappa shape index (κ1) is 24.9. The van der Waals surface area contributed by atoms with E-state index < -0.39 is 5.41 Å². The first-order chi connectivity index (χ1) is 16.6. The molecule has 0 aromatic carbocycles. The predicted molar refractivity (Wildman–Crippen MR) is 135 cm³/mol. The van der Waals surface area contributed by atoms with Gasteiger partial charge in [-0.3, -0.25) is 4.98 Å². The molecule has 7 heteroatoms. The maximum atomic E-state index is 9.71. The van der Waals surface area contributed by atoms with E-state index in [0.717, 1.165) is 61.0 Å². The van der Waals surface area contributed by atoms with Crippen molar-refractivity contribution in [2.24, 2.45) is 17.3 Å². The second-order valence-corrected chi connectivity index (χ2v) is 10.2. The third kappa shape index (κ3) is 6.47. The van der Waals surface area contributed by atoms with Gasteiger partial charge in [-0.25, -0.2) is 4.98 Å². The van der Waals surface area contributed by atoms with Crippen LogP contribution in [0.3, 0.4) is 0 Å². The zero-order chi connectivity index (χ0) is 23.8. The van der Waals surface area contributed by atoms with E-state index in [9.17, 15) is 5.26 Å². The molecule has 3 heterocycles. The lowest BCUT2D eigenvalue weighted by Gasteiger charge is -2.30. The van der Waals surface area contributed by atoms with Crippen LogP contribution >= 0.6 is 11.6 Å². The molecule has 2 aromatic rings. The van der Waals surface area contributed by atoms with E-state index in [1.165, 1.54) is 25.7 Å². The number of hydrogen-bond donors (Lipinski definition) is 1. The molecule has 2 fully saturated rings. The minimum atomic E-state index is -0.403. The molecule has 0 bridgehead atoms. The van der Waals surface area contributed by atoms with Gasteiger partial charge in [0.1, 0.15) is 5.82 Å². The van der Waals surface area contributed by atoms with Crippen LogP contribution in [0, 0.1) is 28.6 Å². The highest BCUT2D eigenvalue weighted by molar-refractivity contribution is 6.33. The lowest BCUT2D eigenvalue weighted by atomic mass is 9.82. The Kier molecular flexibility index (Phi) is 8.77. The zero-order valence-electron chi connectivity index (χ0n) is 20.1. The summed E-state index contributed by atoms with van der Waals surface area (Å²) in [5.41, 5.74) is 2.40. The van der Waals surface area contributed by atoms with Crippen molar-refractivity contribution in [1.29, 1.82) is 5.26 Å². The van der Waals surface area contributed by atoms with Gasteiger partial charge in [0.15, 0.2) is 0 Å². The number of nitrogens with one attached hydrogen (secondary N) is 1. The molecule has 0 amide bonds. The van der Waals surface area contributed by atoms with Gasteiger partial charge in [-0.15, -0.1) is 0 Å². The van der Waals surface area contributed by atoms with Gasteiger partial charge in [-0.2, -0.15) is 5.26 Å². The first-order valence-corrected chi connectivity index (χ1v) is 12.8. The van der Waals surface area contributed by atoms with E-state index >= 15 is 0 Å². The van der Waals surface area contributed by atoms with Crippen molar-refractivity contribution in [1.82, 2.24) is 9.97 Å². The molecule has 4 rings (SSSR count). The van der Waals surface area contributed by atoms with Gasteiger partial charge in [0.05, 0.1) is 22.2 Å². The van der Waals surface area contributed by atoms with Crippen LogP contribution in [-0.4, -0.2) is 43.4 Å². The molecule has 1 N–H and O–H groups in total. The minimum absolute atomic E-state index is 0.403. The summed E-state index contributed by atoms with van der Waals surface area (Å²) in [6.45, 7) is 2.68. The molecule has 182 valence electrons. The summed E-state index contributed by atoms with van der Waals surface area (Å²) in [6, 6.07) is 10.5. The average molecular weight is 483 g/mol. The number of nitriles is 1. The quantitative estimate of drug-likeness (QED) is 0.423. The largest absolute Gasteiger partial charge is 0.385 e. The third-order valence-corrected chi connectivity index (χ3v) is 7.64. The van der Waals surface area contributed by atoms with Crippen LogP contribution in [-0.2, 0) is 15.9 Å². The Bertz CT molecular complexity index is 987. The zero-order valence-corrected chi connectivity index (χ0v) is 20.8. The van der Waals surface area contributed by atoms with E-state index in [-0.39, 0.29) is 0 Å². The van der Waals surface area contributed by atoms with E-state index in [1.54, 1.807) is 13.3 Å². The Balaban J connectivity index is 1.40. The molecule has 2 atom stereocenters. The molecular formula is C27H35ClN4O2. The smallest absolute Gasteiger partial charge is 0.126 e. The highest BCUT2D eigenvalue weighted by Gasteiger charge is 2.32. The van der Waals surface area contributed by atoms with Crippen LogP contribution in [0.4, 0.5) is 5.82 Å². The van der Waals surface area contributed by atoms with Crippen LogP contribution in [0.25, 0.3) is 11.3 Å². The SMILES string of the molecule is COCCC[C@@H]1CC[C@@H](Cc2cc(-c3cccc(NCC4(C#N)CCOCC4)n3)c(Cl)cn2)C1.